The molecule has 140 valence electrons. The molecule has 1 aromatic carbocycles. The Hall–Kier alpha value is -2.56. The molecule has 4 rings (SSSR count). The first-order valence-electron chi connectivity index (χ1n) is 8.32. The van der Waals surface area contributed by atoms with Crippen molar-refractivity contribution in [1.82, 2.24) is 15.0 Å². The van der Waals surface area contributed by atoms with E-state index in [4.69, 9.17) is 5.14 Å². The lowest BCUT2D eigenvalue weighted by atomic mass is 10.1. The maximum atomic E-state index is 11.3. The maximum Gasteiger partial charge on any atom is 0.231 e. The maximum absolute atomic E-state index is 11.3. The summed E-state index contributed by atoms with van der Waals surface area (Å²) < 4.78 is 22.6. The highest BCUT2D eigenvalue weighted by Crippen LogP contribution is 2.26. The van der Waals surface area contributed by atoms with Gasteiger partial charge in [-0.2, -0.15) is 4.98 Å². The van der Waals surface area contributed by atoms with Crippen molar-refractivity contribution in [2.45, 2.75) is 18.7 Å². The number of nitrogens with zero attached hydrogens (tertiary/aromatic N) is 4. The molecule has 10 heteroatoms. The number of hydrogen-bond acceptors (Lipinski definition) is 8. The molecule has 3 aromatic rings. The minimum Gasteiger partial charge on any atom is -0.336 e. The summed E-state index contributed by atoms with van der Waals surface area (Å²) in [4.78, 5) is 16.5. The average molecular weight is 403 g/mol. The third-order valence-electron chi connectivity index (χ3n) is 4.20. The first kappa shape index (κ1) is 17.8. The van der Waals surface area contributed by atoms with Crippen LogP contribution in [0.15, 0.2) is 42.0 Å². The highest BCUT2D eigenvalue weighted by molar-refractivity contribution is 7.88. The third-order valence-corrected chi connectivity index (χ3v) is 5.96. The number of benzene rings is 1. The summed E-state index contributed by atoms with van der Waals surface area (Å²) in [5, 5.41) is 10.3. The van der Waals surface area contributed by atoms with Gasteiger partial charge in [-0.3, -0.25) is 0 Å². The molecule has 1 aliphatic rings. The van der Waals surface area contributed by atoms with Crippen molar-refractivity contribution in [3.8, 4) is 0 Å². The van der Waals surface area contributed by atoms with Gasteiger partial charge in [-0.25, -0.2) is 23.5 Å². The first-order valence-corrected chi connectivity index (χ1v) is 10.9. The highest BCUT2D eigenvalue weighted by Gasteiger charge is 2.19. The quantitative estimate of drug-likeness (QED) is 0.671. The zero-order valence-corrected chi connectivity index (χ0v) is 16.0. The zero-order valence-electron chi connectivity index (χ0n) is 14.4. The van der Waals surface area contributed by atoms with E-state index in [1.165, 1.54) is 16.8 Å². The molecule has 0 unspecified atom stereocenters. The van der Waals surface area contributed by atoms with E-state index < -0.39 is 10.0 Å². The van der Waals surface area contributed by atoms with Crippen LogP contribution in [0.3, 0.4) is 0 Å². The van der Waals surface area contributed by atoms with E-state index in [-0.39, 0.29) is 5.75 Å². The molecule has 0 saturated carbocycles. The average Bonchev–Trinajstić information content (AvgIpc) is 3.08. The Balaban J connectivity index is 1.51. The normalized spacial score (nSPS) is 14.0. The summed E-state index contributed by atoms with van der Waals surface area (Å²) in [5.74, 6) is 0.802. The Morgan fingerprint density at radius 1 is 1.26 bits per heavy atom. The molecule has 0 fully saturated rings. The van der Waals surface area contributed by atoms with Crippen LogP contribution in [0.5, 0.6) is 0 Å². The Kier molecular flexibility index (Phi) is 4.77. The number of anilines is 3. The molecule has 0 amide bonds. The summed E-state index contributed by atoms with van der Waals surface area (Å²) in [6, 6.07) is 9.14. The van der Waals surface area contributed by atoms with Gasteiger partial charge in [-0.05, 0) is 41.1 Å². The molecule has 8 nitrogen and oxygen atoms in total. The zero-order chi connectivity index (χ0) is 18.9. The van der Waals surface area contributed by atoms with Gasteiger partial charge in [-0.1, -0.05) is 12.1 Å². The van der Waals surface area contributed by atoms with E-state index in [0.29, 0.717) is 23.1 Å². The Bertz CT molecular complexity index is 1070. The molecule has 3 heterocycles. The van der Waals surface area contributed by atoms with Gasteiger partial charge in [-0.15, -0.1) is 11.3 Å². The number of nitrogens with two attached hydrogens (primary N) is 1. The second-order valence-corrected chi connectivity index (χ2v) is 8.90. The molecule has 1 aliphatic heterocycles. The molecule has 2 aromatic heterocycles. The van der Waals surface area contributed by atoms with Crippen LogP contribution in [0.2, 0.25) is 0 Å². The number of rotatable bonds is 5. The number of primary sulfonamides is 1. The van der Waals surface area contributed by atoms with Gasteiger partial charge in [0.25, 0.3) is 0 Å². The smallest absolute Gasteiger partial charge is 0.231 e. The lowest BCUT2D eigenvalue weighted by Crippen LogP contribution is -2.31. The molecule has 0 spiro atoms. The van der Waals surface area contributed by atoms with Crippen LogP contribution in [-0.2, 0) is 28.7 Å². The van der Waals surface area contributed by atoms with Crippen molar-refractivity contribution in [3.63, 3.8) is 0 Å². The minimum absolute atomic E-state index is 0.221. The largest absolute Gasteiger partial charge is 0.336 e. The van der Waals surface area contributed by atoms with E-state index in [2.05, 4.69) is 36.6 Å². The molecule has 3 N–H and O–H groups in total. The number of aromatic nitrogens is 3. The fourth-order valence-electron chi connectivity index (χ4n) is 3.02. The minimum atomic E-state index is -3.58. The van der Waals surface area contributed by atoms with Crippen molar-refractivity contribution < 1.29 is 8.42 Å². The lowest BCUT2D eigenvalue weighted by molar-refractivity contribution is 0.597. The molecule has 27 heavy (non-hydrogen) atoms. The number of fused-ring (bicyclic) bond motifs is 1. The number of nitrogens with one attached hydrogen (secondary N) is 1. The molecule has 0 bridgehead atoms. The van der Waals surface area contributed by atoms with Crippen LogP contribution in [0.4, 0.5) is 17.6 Å². The fraction of sp³-hybridized carbons (Fsp3) is 0.235. The number of sulfonamides is 1. The fourth-order valence-corrected chi connectivity index (χ4v) is 4.55. The van der Waals surface area contributed by atoms with Crippen LogP contribution in [-0.4, -0.2) is 29.9 Å². The Morgan fingerprint density at radius 3 is 3.00 bits per heavy atom. The Labute approximate surface area is 161 Å². The van der Waals surface area contributed by atoms with E-state index in [0.717, 1.165) is 19.5 Å². The summed E-state index contributed by atoms with van der Waals surface area (Å²) >= 11 is 1.79. The van der Waals surface area contributed by atoms with Crippen molar-refractivity contribution >= 4 is 38.9 Å². The van der Waals surface area contributed by atoms with Gasteiger partial charge in [0.15, 0.2) is 0 Å². The van der Waals surface area contributed by atoms with Crippen molar-refractivity contribution in [3.05, 3.63) is 58.0 Å². The van der Waals surface area contributed by atoms with E-state index in [9.17, 15) is 8.42 Å². The van der Waals surface area contributed by atoms with Gasteiger partial charge in [0, 0.05) is 23.7 Å². The summed E-state index contributed by atoms with van der Waals surface area (Å²) in [7, 11) is -3.58. The van der Waals surface area contributed by atoms with E-state index in [1.807, 2.05) is 6.07 Å². The standard InChI is InChI=1S/C17H18N6O2S2/c18-27(24,25)10-12-2-1-3-14(8-12)21-16-19-11-20-17(22-16)23-6-4-15-13(9-23)5-7-26-15/h1-3,5,7-8,11H,4,6,9-10H2,(H2,18,24,25)(H,19,20,21,22). The van der Waals surface area contributed by atoms with Crippen molar-refractivity contribution in [1.29, 1.82) is 0 Å². The van der Waals surface area contributed by atoms with Crippen LogP contribution < -0.4 is 15.4 Å². The predicted octanol–water partition coefficient (Wildman–Crippen LogP) is 2.03. The van der Waals surface area contributed by atoms with Gasteiger partial charge < -0.3 is 10.2 Å². The monoisotopic (exact) mass is 402 g/mol. The Morgan fingerprint density at radius 2 is 2.15 bits per heavy atom. The summed E-state index contributed by atoms with van der Waals surface area (Å²) in [6.45, 7) is 1.65. The SMILES string of the molecule is NS(=O)(=O)Cc1cccc(Nc2ncnc(N3CCc4sccc4C3)n2)c1. The highest BCUT2D eigenvalue weighted by atomic mass is 32.2. The molecule has 0 saturated heterocycles. The second kappa shape index (κ2) is 7.22. The van der Waals surface area contributed by atoms with Gasteiger partial charge >= 0.3 is 0 Å². The van der Waals surface area contributed by atoms with Crippen molar-refractivity contribution in [2.75, 3.05) is 16.8 Å². The number of thiophene rings is 1. The summed E-state index contributed by atoms with van der Waals surface area (Å²) in [6.07, 6.45) is 2.46. The van der Waals surface area contributed by atoms with Crippen LogP contribution in [0.1, 0.15) is 16.0 Å². The predicted molar refractivity (Wildman–Crippen MR) is 105 cm³/mol. The first-order chi connectivity index (χ1) is 13.0. The van der Waals surface area contributed by atoms with E-state index >= 15 is 0 Å². The molecule has 0 atom stereocenters. The van der Waals surface area contributed by atoms with Gasteiger partial charge in [0.05, 0.1) is 5.75 Å². The van der Waals surface area contributed by atoms with Crippen LogP contribution in [0, 0.1) is 0 Å². The third kappa shape index (κ3) is 4.41. The van der Waals surface area contributed by atoms with Crippen LogP contribution in [0.25, 0.3) is 0 Å². The van der Waals surface area contributed by atoms with Gasteiger partial charge in [0.2, 0.25) is 21.9 Å². The van der Waals surface area contributed by atoms with Gasteiger partial charge in [0.1, 0.15) is 6.33 Å². The lowest BCUT2D eigenvalue weighted by Gasteiger charge is -2.26. The van der Waals surface area contributed by atoms with Crippen molar-refractivity contribution in [2.24, 2.45) is 5.14 Å². The summed E-state index contributed by atoms with van der Waals surface area (Å²) in [5.41, 5.74) is 2.60. The molecular formula is C17H18N6O2S2. The molecule has 0 aliphatic carbocycles. The van der Waals surface area contributed by atoms with E-state index in [1.54, 1.807) is 29.5 Å². The topological polar surface area (TPSA) is 114 Å². The molecular weight excluding hydrogens is 384 g/mol. The number of hydrogen-bond donors (Lipinski definition) is 2. The molecule has 0 radical (unpaired) electrons. The second-order valence-electron chi connectivity index (χ2n) is 6.28. The van der Waals surface area contributed by atoms with Crippen LogP contribution >= 0.6 is 11.3 Å².